The lowest BCUT2D eigenvalue weighted by Gasteiger charge is -1.95. The SMILES string of the molecule is CNCc1ncnn1C.Cl. The van der Waals surface area contributed by atoms with Crippen molar-refractivity contribution in [3.8, 4) is 0 Å². The maximum Gasteiger partial charge on any atom is 0.140 e. The zero-order valence-electron chi connectivity index (χ0n) is 6.03. The molecule has 0 bridgehead atoms. The van der Waals surface area contributed by atoms with Crippen LogP contribution in [0.15, 0.2) is 6.33 Å². The van der Waals surface area contributed by atoms with Crippen molar-refractivity contribution in [2.24, 2.45) is 7.05 Å². The van der Waals surface area contributed by atoms with E-state index >= 15 is 0 Å². The minimum absolute atomic E-state index is 0. The number of hydrogen-bond acceptors (Lipinski definition) is 3. The first-order chi connectivity index (χ1) is 4.34. The van der Waals surface area contributed by atoms with Gasteiger partial charge in [0.25, 0.3) is 0 Å². The van der Waals surface area contributed by atoms with Gasteiger partial charge in [-0.1, -0.05) is 0 Å². The Morgan fingerprint density at radius 2 is 2.40 bits per heavy atom. The smallest absolute Gasteiger partial charge is 0.140 e. The van der Waals surface area contributed by atoms with Crippen LogP contribution in [0.4, 0.5) is 0 Å². The molecule has 0 unspecified atom stereocenters. The van der Waals surface area contributed by atoms with Crippen molar-refractivity contribution in [3.05, 3.63) is 12.2 Å². The lowest BCUT2D eigenvalue weighted by Crippen LogP contribution is -2.10. The van der Waals surface area contributed by atoms with Crippen molar-refractivity contribution in [1.29, 1.82) is 0 Å². The summed E-state index contributed by atoms with van der Waals surface area (Å²) in [5, 5.41) is 6.89. The number of halogens is 1. The highest BCUT2D eigenvalue weighted by Gasteiger charge is 1.94. The van der Waals surface area contributed by atoms with Gasteiger partial charge in [0.1, 0.15) is 12.2 Å². The quantitative estimate of drug-likeness (QED) is 0.664. The van der Waals surface area contributed by atoms with E-state index in [0.717, 1.165) is 12.4 Å². The summed E-state index contributed by atoms with van der Waals surface area (Å²) in [4.78, 5) is 3.99. The third kappa shape index (κ3) is 1.97. The Bertz CT molecular complexity index is 186. The molecule has 0 aliphatic carbocycles. The van der Waals surface area contributed by atoms with Gasteiger partial charge in [0.05, 0.1) is 6.54 Å². The first-order valence-corrected chi connectivity index (χ1v) is 2.82. The summed E-state index contributed by atoms with van der Waals surface area (Å²) >= 11 is 0. The second kappa shape index (κ2) is 4.24. The minimum Gasteiger partial charge on any atom is -0.313 e. The van der Waals surface area contributed by atoms with Gasteiger partial charge in [0, 0.05) is 7.05 Å². The Kier molecular flexibility index (Phi) is 3.99. The summed E-state index contributed by atoms with van der Waals surface area (Å²) in [5.41, 5.74) is 0. The highest BCUT2D eigenvalue weighted by molar-refractivity contribution is 5.85. The second-order valence-corrected chi connectivity index (χ2v) is 1.83. The van der Waals surface area contributed by atoms with Gasteiger partial charge in [-0.2, -0.15) is 5.10 Å². The molecule has 0 amide bonds. The molecule has 0 atom stereocenters. The number of rotatable bonds is 2. The summed E-state index contributed by atoms with van der Waals surface area (Å²) in [6, 6.07) is 0. The van der Waals surface area contributed by atoms with Gasteiger partial charge >= 0.3 is 0 Å². The van der Waals surface area contributed by atoms with E-state index in [2.05, 4.69) is 15.4 Å². The van der Waals surface area contributed by atoms with Gasteiger partial charge < -0.3 is 5.32 Å². The zero-order chi connectivity index (χ0) is 6.69. The Hall–Kier alpha value is -0.610. The predicted molar refractivity (Wildman–Crippen MR) is 41.0 cm³/mol. The van der Waals surface area contributed by atoms with E-state index in [1.807, 2.05) is 14.1 Å². The maximum atomic E-state index is 3.99. The molecule has 1 heterocycles. The molecular weight excluding hydrogens is 152 g/mol. The van der Waals surface area contributed by atoms with E-state index in [4.69, 9.17) is 0 Å². The monoisotopic (exact) mass is 162 g/mol. The lowest BCUT2D eigenvalue weighted by molar-refractivity contribution is 0.659. The Morgan fingerprint density at radius 1 is 1.70 bits per heavy atom. The topological polar surface area (TPSA) is 42.7 Å². The van der Waals surface area contributed by atoms with Crippen LogP contribution in [0.25, 0.3) is 0 Å². The van der Waals surface area contributed by atoms with Gasteiger partial charge in [0.2, 0.25) is 0 Å². The average molecular weight is 163 g/mol. The van der Waals surface area contributed by atoms with Crippen molar-refractivity contribution in [2.45, 2.75) is 6.54 Å². The summed E-state index contributed by atoms with van der Waals surface area (Å²) in [7, 11) is 3.76. The van der Waals surface area contributed by atoms with Crippen LogP contribution in [0, 0.1) is 0 Å². The third-order valence-corrected chi connectivity index (χ3v) is 1.14. The summed E-state index contributed by atoms with van der Waals surface area (Å²) in [5.74, 6) is 0.956. The molecule has 4 nitrogen and oxygen atoms in total. The molecular formula is C5H11ClN4. The molecule has 58 valence electrons. The fourth-order valence-corrected chi connectivity index (χ4v) is 0.638. The van der Waals surface area contributed by atoms with E-state index < -0.39 is 0 Å². The van der Waals surface area contributed by atoms with Gasteiger partial charge in [-0.15, -0.1) is 12.4 Å². The van der Waals surface area contributed by atoms with E-state index in [9.17, 15) is 0 Å². The number of aryl methyl sites for hydroxylation is 1. The van der Waals surface area contributed by atoms with E-state index in [1.54, 1.807) is 11.0 Å². The lowest BCUT2D eigenvalue weighted by atomic mass is 10.6. The molecule has 0 aromatic carbocycles. The maximum absolute atomic E-state index is 3.99. The van der Waals surface area contributed by atoms with E-state index in [0.29, 0.717) is 0 Å². The molecule has 5 heteroatoms. The Morgan fingerprint density at radius 3 is 2.80 bits per heavy atom. The van der Waals surface area contributed by atoms with Crippen LogP contribution >= 0.6 is 12.4 Å². The largest absolute Gasteiger partial charge is 0.313 e. The van der Waals surface area contributed by atoms with Gasteiger partial charge in [0.15, 0.2) is 0 Å². The van der Waals surface area contributed by atoms with Crippen LogP contribution in [-0.2, 0) is 13.6 Å². The zero-order valence-corrected chi connectivity index (χ0v) is 6.85. The standard InChI is InChI=1S/C5H10N4.ClH/c1-6-3-5-7-4-8-9(5)2;/h4,6H,3H2,1-2H3;1H. The number of aromatic nitrogens is 3. The minimum atomic E-state index is 0. The van der Waals surface area contributed by atoms with E-state index in [1.165, 1.54) is 0 Å². The molecule has 0 radical (unpaired) electrons. The van der Waals surface area contributed by atoms with Gasteiger partial charge in [-0.25, -0.2) is 4.98 Å². The molecule has 1 aromatic heterocycles. The van der Waals surface area contributed by atoms with Gasteiger partial charge in [-0.05, 0) is 7.05 Å². The fourth-order valence-electron chi connectivity index (χ4n) is 0.638. The predicted octanol–water partition coefficient (Wildman–Crippen LogP) is -0.0437. The van der Waals surface area contributed by atoms with Crippen LogP contribution < -0.4 is 5.32 Å². The second-order valence-electron chi connectivity index (χ2n) is 1.83. The van der Waals surface area contributed by atoms with Crippen LogP contribution in [-0.4, -0.2) is 21.8 Å². The fraction of sp³-hybridized carbons (Fsp3) is 0.600. The first-order valence-electron chi connectivity index (χ1n) is 2.82. The highest BCUT2D eigenvalue weighted by atomic mass is 35.5. The Balaban J connectivity index is 0.000000810. The molecule has 1 aromatic rings. The normalized spacial score (nSPS) is 9.00. The van der Waals surface area contributed by atoms with Crippen molar-refractivity contribution in [2.75, 3.05) is 7.05 Å². The summed E-state index contributed by atoms with van der Waals surface area (Å²) in [6.45, 7) is 0.774. The summed E-state index contributed by atoms with van der Waals surface area (Å²) in [6.07, 6.45) is 1.55. The first kappa shape index (κ1) is 9.39. The Labute approximate surface area is 66.1 Å². The summed E-state index contributed by atoms with van der Waals surface area (Å²) < 4.78 is 1.75. The molecule has 10 heavy (non-hydrogen) atoms. The highest BCUT2D eigenvalue weighted by Crippen LogP contribution is 1.86. The molecule has 0 fully saturated rings. The van der Waals surface area contributed by atoms with Crippen LogP contribution in [0.1, 0.15) is 5.82 Å². The van der Waals surface area contributed by atoms with Crippen LogP contribution in [0.3, 0.4) is 0 Å². The third-order valence-electron chi connectivity index (χ3n) is 1.14. The average Bonchev–Trinajstić information content (AvgIpc) is 2.18. The molecule has 0 saturated carbocycles. The van der Waals surface area contributed by atoms with Crippen LogP contribution in [0.5, 0.6) is 0 Å². The molecule has 0 aliphatic rings. The van der Waals surface area contributed by atoms with Crippen molar-refractivity contribution < 1.29 is 0 Å². The van der Waals surface area contributed by atoms with Crippen molar-refractivity contribution >= 4 is 12.4 Å². The molecule has 0 aliphatic heterocycles. The number of hydrogen-bond donors (Lipinski definition) is 1. The number of nitrogens with zero attached hydrogens (tertiary/aromatic N) is 3. The van der Waals surface area contributed by atoms with E-state index in [-0.39, 0.29) is 12.4 Å². The number of nitrogens with one attached hydrogen (secondary N) is 1. The van der Waals surface area contributed by atoms with Gasteiger partial charge in [-0.3, -0.25) is 4.68 Å². The molecule has 1 rings (SSSR count). The molecule has 0 saturated heterocycles. The van der Waals surface area contributed by atoms with Crippen molar-refractivity contribution in [3.63, 3.8) is 0 Å². The molecule has 1 N–H and O–H groups in total. The van der Waals surface area contributed by atoms with Crippen LogP contribution in [0.2, 0.25) is 0 Å². The van der Waals surface area contributed by atoms with Crippen molar-refractivity contribution in [1.82, 2.24) is 20.1 Å². The molecule has 0 spiro atoms.